The van der Waals surface area contributed by atoms with Crippen molar-refractivity contribution in [3.8, 4) is 0 Å². The van der Waals surface area contributed by atoms with Gasteiger partial charge >= 0.3 is 0 Å². The third-order valence-electron chi connectivity index (χ3n) is 3.19. The van der Waals surface area contributed by atoms with Crippen LogP contribution in [0, 0.1) is 0 Å². The summed E-state index contributed by atoms with van der Waals surface area (Å²) < 4.78 is 27.8. The van der Waals surface area contributed by atoms with Gasteiger partial charge in [0.05, 0.1) is 0 Å². The zero-order chi connectivity index (χ0) is 15.0. The summed E-state index contributed by atoms with van der Waals surface area (Å²) in [4.78, 5) is 3.21. The number of fused-ring (bicyclic) bond motifs is 1. The van der Waals surface area contributed by atoms with Gasteiger partial charge in [-0.2, -0.15) is 17.4 Å². The molecule has 0 amide bonds. The maximum absolute atomic E-state index is 11.9. The fourth-order valence-corrected chi connectivity index (χ4v) is 3.18. The highest BCUT2D eigenvalue weighted by atomic mass is 32.2. The Morgan fingerprint density at radius 3 is 2.55 bits per heavy atom. The molecule has 0 spiro atoms. The van der Waals surface area contributed by atoms with E-state index in [-0.39, 0.29) is 0 Å². The first-order valence-corrected chi connectivity index (χ1v) is 7.92. The molecule has 0 atom stereocenters. The minimum atomic E-state index is -3.44. The summed E-state index contributed by atoms with van der Waals surface area (Å²) in [5, 5.41) is 1.13. The quantitative estimate of drug-likeness (QED) is 0.884. The molecule has 0 radical (unpaired) electrons. The number of nitrogens with one attached hydrogen (secondary N) is 2. The second-order valence-corrected chi connectivity index (χ2v) is 7.69. The van der Waals surface area contributed by atoms with E-state index in [2.05, 4.69) is 9.71 Å². The van der Waals surface area contributed by atoms with Crippen molar-refractivity contribution >= 4 is 21.1 Å². The van der Waals surface area contributed by atoms with Crippen LogP contribution < -0.4 is 4.72 Å². The van der Waals surface area contributed by atoms with Crippen LogP contribution in [0.25, 0.3) is 10.9 Å². The number of hydrogen-bond acceptors (Lipinski definition) is 2. The predicted molar refractivity (Wildman–Crippen MR) is 81.8 cm³/mol. The lowest BCUT2D eigenvalue weighted by atomic mass is 9.96. The molecule has 2 rings (SSSR count). The van der Waals surface area contributed by atoms with E-state index in [1.807, 2.05) is 44.3 Å². The van der Waals surface area contributed by atoms with Crippen molar-refractivity contribution in [2.75, 3.05) is 14.1 Å². The number of nitrogens with zero attached hydrogens (tertiary/aromatic N) is 1. The smallest absolute Gasteiger partial charge is 0.279 e. The largest absolute Gasteiger partial charge is 0.361 e. The molecule has 0 fully saturated rings. The summed E-state index contributed by atoms with van der Waals surface area (Å²) >= 11 is 0. The minimum Gasteiger partial charge on any atom is -0.361 e. The third-order valence-corrected chi connectivity index (χ3v) is 4.97. The first-order valence-electron chi connectivity index (χ1n) is 6.48. The van der Waals surface area contributed by atoms with Crippen LogP contribution in [-0.4, -0.2) is 37.3 Å². The van der Waals surface area contributed by atoms with E-state index in [0.717, 1.165) is 16.5 Å². The fourth-order valence-electron chi connectivity index (χ4n) is 2.23. The highest BCUT2D eigenvalue weighted by molar-refractivity contribution is 7.87. The average molecular weight is 295 g/mol. The fraction of sp³-hybridized carbons (Fsp3) is 0.429. The van der Waals surface area contributed by atoms with Gasteiger partial charge in [-0.05, 0) is 31.9 Å². The van der Waals surface area contributed by atoms with Crippen molar-refractivity contribution in [3.63, 3.8) is 0 Å². The summed E-state index contributed by atoms with van der Waals surface area (Å²) in [5.74, 6) is 0. The van der Waals surface area contributed by atoms with Crippen LogP contribution in [0.3, 0.4) is 0 Å². The number of H-pyrrole nitrogens is 1. The molecule has 2 N–H and O–H groups in total. The van der Waals surface area contributed by atoms with E-state index in [1.54, 1.807) is 0 Å². The maximum Gasteiger partial charge on any atom is 0.279 e. The highest BCUT2D eigenvalue weighted by Crippen LogP contribution is 2.22. The monoisotopic (exact) mass is 295 g/mol. The zero-order valence-electron chi connectivity index (χ0n) is 12.3. The lowest BCUT2D eigenvalue weighted by Gasteiger charge is -2.27. The van der Waals surface area contributed by atoms with Crippen LogP contribution in [0.5, 0.6) is 0 Å². The van der Waals surface area contributed by atoms with E-state index >= 15 is 0 Å². The Morgan fingerprint density at radius 1 is 1.25 bits per heavy atom. The van der Waals surface area contributed by atoms with Crippen LogP contribution >= 0.6 is 0 Å². The summed E-state index contributed by atoms with van der Waals surface area (Å²) in [5.41, 5.74) is 1.61. The summed E-state index contributed by atoms with van der Waals surface area (Å²) in [6.45, 7) is 3.77. The molecule has 1 heterocycles. The number of benzene rings is 1. The molecule has 1 aromatic heterocycles. The van der Waals surface area contributed by atoms with Gasteiger partial charge in [-0.15, -0.1) is 0 Å². The van der Waals surface area contributed by atoms with Crippen LogP contribution in [0.15, 0.2) is 30.5 Å². The minimum absolute atomic E-state index is 0.561. The van der Waals surface area contributed by atoms with E-state index in [9.17, 15) is 8.42 Å². The first kappa shape index (κ1) is 15.0. The average Bonchev–Trinajstić information content (AvgIpc) is 2.70. The molecular formula is C14H21N3O2S. The Labute approximate surface area is 120 Å². The molecule has 0 bridgehead atoms. The van der Waals surface area contributed by atoms with Gasteiger partial charge in [-0.1, -0.05) is 18.2 Å². The van der Waals surface area contributed by atoms with Gasteiger partial charge in [0.15, 0.2) is 0 Å². The molecule has 5 nitrogen and oxygen atoms in total. The molecular weight excluding hydrogens is 274 g/mol. The summed E-state index contributed by atoms with van der Waals surface area (Å²) in [6, 6.07) is 8.01. The van der Waals surface area contributed by atoms with Crippen molar-refractivity contribution in [3.05, 3.63) is 36.0 Å². The zero-order valence-corrected chi connectivity index (χ0v) is 13.1. The van der Waals surface area contributed by atoms with E-state index < -0.39 is 15.7 Å². The predicted octanol–water partition coefficient (Wildman–Crippen LogP) is 1.89. The molecule has 110 valence electrons. The van der Waals surface area contributed by atoms with Crippen molar-refractivity contribution in [1.29, 1.82) is 0 Å². The highest BCUT2D eigenvalue weighted by Gasteiger charge is 2.27. The molecule has 1 aromatic carbocycles. The Morgan fingerprint density at radius 2 is 1.90 bits per heavy atom. The van der Waals surface area contributed by atoms with E-state index in [1.165, 1.54) is 18.4 Å². The van der Waals surface area contributed by atoms with Crippen molar-refractivity contribution in [2.24, 2.45) is 0 Å². The van der Waals surface area contributed by atoms with Crippen molar-refractivity contribution in [2.45, 2.75) is 25.8 Å². The molecule has 0 aliphatic rings. The van der Waals surface area contributed by atoms with Gasteiger partial charge in [0, 0.05) is 36.7 Å². The lowest BCUT2D eigenvalue weighted by Crippen LogP contribution is -2.49. The van der Waals surface area contributed by atoms with Crippen LogP contribution in [0.4, 0.5) is 0 Å². The van der Waals surface area contributed by atoms with Gasteiger partial charge in [-0.3, -0.25) is 0 Å². The summed E-state index contributed by atoms with van der Waals surface area (Å²) in [6.07, 6.45) is 2.56. The second-order valence-electron chi connectivity index (χ2n) is 5.81. The Kier molecular flexibility index (Phi) is 3.90. The van der Waals surface area contributed by atoms with Gasteiger partial charge in [0.25, 0.3) is 10.2 Å². The SMILES string of the molecule is CN(C)S(=O)(=O)NC(C)(C)Cc1c[nH]c2ccccc12. The van der Waals surface area contributed by atoms with Crippen LogP contribution in [0.2, 0.25) is 0 Å². The van der Waals surface area contributed by atoms with E-state index in [0.29, 0.717) is 6.42 Å². The van der Waals surface area contributed by atoms with Gasteiger partial charge < -0.3 is 4.98 Å². The molecule has 6 heteroatoms. The Bertz CT molecular complexity index is 702. The second kappa shape index (κ2) is 5.20. The molecule has 2 aromatic rings. The lowest BCUT2D eigenvalue weighted by molar-refractivity contribution is 0.424. The molecule has 0 saturated heterocycles. The number of aromatic amines is 1. The number of aromatic nitrogens is 1. The molecule has 20 heavy (non-hydrogen) atoms. The number of hydrogen-bond donors (Lipinski definition) is 2. The maximum atomic E-state index is 11.9. The van der Waals surface area contributed by atoms with Crippen LogP contribution in [-0.2, 0) is 16.6 Å². The van der Waals surface area contributed by atoms with Gasteiger partial charge in [-0.25, -0.2) is 0 Å². The first-order chi connectivity index (χ1) is 9.21. The van der Waals surface area contributed by atoms with Crippen LogP contribution in [0.1, 0.15) is 19.4 Å². The Balaban J connectivity index is 2.24. The normalized spacial score (nSPS) is 13.2. The topological polar surface area (TPSA) is 65.2 Å². The standard InChI is InChI=1S/C14H21N3O2S/c1-14(2,16-20(18,19)17(3)4)9-11-10-15-13-8-6-5-7-12(11)13/h5-8,10,15-16H,9H2,1-4H3. The molecule has 0 unspecified atom stereocenters. The number of rotatable bonds is 5. The number of para-hydroxylation sites is 1. The van der Waals surface area contributed by atoms with Gasteiger partial charge in [0.1, 0.15) is 0 Å². The van der Waals surface area contributed by atoms with Crippen molar-refractivity contribution in [1.82, 2.24) is 14.0 Å². The molecule has 0 aliphatic heterocycles. The van der Waals surface area contributed by atoms with Gasteiger partial charge in [0.2, 0.25) is 0 Å². The summed E-state index contributed by atoms with van der Waals surface area (Å²) in [7, 11) is -0.403. The molecule has 0 aliphatic carbocycles. The molecule has 0 saturated carbocycles. The van der Waals surface area contributed by atoms with E-state index in [4.69, 9.17) is 0 Å². The third kappa shape index (κ3) is 3.20. The Hall–Kier alpha value is -1.37. The van der Waals surface area contributed by atoms with Crippen molar-refractivity contribution < 1.29 is 8.42 Å².